The summed E-state index contributed by atoms with van der Waals surface area (Å²) in [7, 11) is 1.81. The summed E-state index contributed by atoms with van der Waals surface area (Å²) in [6.45, 7) is 2.39. The van der Waals surface area contributed by atoms with E-state index >= 15 is 0 Å². The summed E-state index contributed by atoms with van der Waals surface area (Å²) in [4.78, 5) is 10.2. The Hall–Kier alpha value is -1.13. The maximum atomic E-state index is 10.6. The Labute approximate surface area is 88.9 Å². The number of hydrogen-bond acceptors (Lipinski definition) is 3. The summed E-state index contributed by atoms with van der Waals surface area (Å²) in [5.41, 5.74) is 1.82. The van der Waals surface area contributed by atoms with Crippen LogP contribution in [0.1, 0.15) is 11.1 Å². The van der Waals surface area contributed by atoms with Gasteiger partial charge in [-0.15, -0.1) is 12.4 Å². The molecule has 5 heteroatoms. The Morgan fingerprint density at radius 1 is 1.50 bits per heavy atom. The standard InChI is InChI=1S/C9H12N2O2.ClH/c1-7-3-4-8(6-10-2)5-9(7)11(12)13;/h3-5,10H,6H2,1-2H3;1H. The van der Waals surface area contributed by atoms with E-state index in [1.54, 1.807) is 19.1 Å². The van der Waals surface area contributed by atoms with Gasteiger partial charge in [-0.1, -0.05) is 12.1 Å². The van der Waals surface area contributed by atoms with Crippen LogP contribution >= 0.6 is 12.4 Å². The zero-order valence-electron chi connectivity index (χ0n) is 8.11. The average molecular weight is 217 g/mol. The van der Waals surface area contributed by atoms with Crippen LogP contribution in [0, 0.1) is 17.0 Å². The van der Waals surface area contributed by atoms with E-state index in [0.29, 0.717) is 12.1 Å². The van der Waals surface area contributed by atoms with Gasteiger partial charge in [-0.05, 0) is 19.5 Å². The molecule has 0 heterocycles. The maximum absolute atomic E-state index is 10.6. The topological polar surface area (TPSA) is 55.2 Å². The first kappa shape index (κ1) is 12.9. The van der Waals surface area contributed by atoms with Crippen molar-refractivity contribution in [2.24, 2.45) is 0 Å². The first-order valence-corrected chi connectivity index (χ1v) is 4.03. The lowest BCUT2D eigenvalue weighted by Crippen LogP contribution is -2.05. The molecule has 0 unspecified atom stereocenters. The van der Waals surface area contributed by atoms with Gasteiger partial charge in [0.05, 0.1) is 4.92 Å². The number of rotatable bonds is 3. The number of nitrogens with zero attached hydrogens (tertiary/aromatic N) is 1. The molecule has 0 aromatic heterocycles. The Balaban J connectivity index is 0.00000169. The number of nitro benzene ring substituents is 1. The van der Waals surface area contributed by atoms with Crippen molar-refractivity contribution in [1.29, 1.82) is 0 Å². The average Bonchev–Trinajstić information content (AvgIpc) is 2.08. The van der Waals surface area contributed by atoms with E-state index < -0.39 is 0 Å². The molecule has 1 N–H and O–H groups in total. The highest BCUT2D eigenvalue weighted by Crippen LogP contribution is 2.18. The molecule has 0 spiro atoms. The molecule has 78 valence electrons. The van der Waals surface area contributed by atoms with E-state index in [-0.39, 0.29) is 23.0 Å². The largest absolute Gasteiger partial charge is 0.316 e. The molecule has 4 nitrogen and oxygen atoms in total. The summed E-state index contributed by atoms with van der Waals surface area (Å²) in [6, 6.07) is 5.26. The molecular weight excluding hydrogens is 204 g/mol. The third-order valence-corrected chi connectivity index (χ3v) is 1.85. The SMILES string of the molecule is CNCc1ccc(C)c([N+](=O)[O-])c1.Cl. The predicted octanol–water partition coefficient (Wildman–Crippen LogP) is 2.04. The van der Waals surface area contributed by atoms with E-state index in [1.807, 2.05) is 13.1 Å². The number of nitro groups is 1. The lowest BCUT2D eigenvalue weighted by molar-refractivity contribution is -0.385. The maximum Gasteiger partial charge on any atom is 0.272 e. The second-order valence-corrected chi connectivity index (χ2v) is 2.91. The quantitative estimate of drug-likeness (QED) is 0.622. The second-order valence-electron chi connectivity index (χ2n) is 2.91. The minimum atomic E-state index is -0.353. The third kappa shape index (κ3) is 2.97. The zero-order valence-corrected chi connectivity index (χ0v) is 8.93. The van der Waals surface area contributed by atoms with E-state index in [1.165, 1.54) is 0 Å². The molecule has 0 saturated carbocycles. The van der Waals surface area contributed by atoms with Crippen LogP contribution in [0.3, 0.4) is 0 Å². The van der Waals surface area contributed by atoms with Crippen LogP contribution in [0.15, 0.2) is 18.2 Å². The van der Waals surface area contributed by atoms with Gasteiger partial charge in [-0.2, -0.15) is 0 Å². The van der Waals surface area contributed by atoms with Crippen molar-refractivity contribution in [2.45, 2.75) is 13.5 Å². The van der Waals surface area contributed by atoms with Crippen molar-refractivity contribution >= 4 is 18.1 Å². The highest BCUT2D eigenvalue weighted by Gasteiger charge is 2.09. The van der Waals surface area contributed by atoms with Gasteiger partial charge in [0.15, 0.2) is 0 Å². The normalized spacial score (nSPS) is 9.29. The monoisotopic (exact) mass is 216 g/mol. The van der Waals surface area contributed by atoms with Crippen LogP contribution in [-0.2, 0) is 6.54 Å². The summed E-state index contributed by atoms with van der Waals surface area (Å²) in [5.74, 6) is 0. The lowest BCUT2D eigenvalue weighted by Gasteiger charge is -2.01. The van der Waals surface area contributed by atoms with Crippen LogP contribution in [-0.4, -0.2) is 12.0 Å². The number of halogens is 1. The minimum absolute atomic E-state index is 0. The molecule has 0 aliphatic rings. The Morgan fingerprint density at radius 3 is 2.64 bits per heavy atom. The molecule has 1 aromatic rings. The van der Waals surface area contributed by atoms with Gasteiger partial charge in [0.2, 0.25) is 0 Å². The van der Waals surface area contributed by atoms with Gasteiger partial charge < -0.3 is 5.32 Å². The smallest absolute Gasteiger partial charge is 0.272 e. The van der Waals surface area contributed by atoms with Crippen LogP contribution < -0.4 is 5.32 Å². The van der Waals surface area contributed by atoms with Gasteiger partial charge in [-0.25, -0.2) is 0 Å². The number of hydrogen-bond donors (Lipinski definition) is 1. The van der Waals surface area contributed by atoms with E-state index in [0.717, 1.165) is 5.56 Å². The van der Waals surface area contributed by atoms with Crippen molar-refractivity contribution < 1.29 is 4.92 Å². The molecule has 0 aliphatic heterocycles. The van der Waals surface area contributed by atoms with Gasteiger partial charge in [0.1, 0.15) is 0 Å². The second kappa shape index (κ2) is 5.57. The first-order chi connectivity index (χ1) is 6.15. The fourth-order valence-corrected chi connectivity index (χ4v) is 1.17. The molecule has 0 radical (unpaired) electrons. The van der Waals surface area contributed by atoms with Crippen LogP contribution in [0.2, 0.25) is 0 Å². The van der Waals surface area contributed by atoms with Gasteiger partial charge in [-0.3, -0.25) is 10.1 Å². The van der Waals surface area contributed by atoms with Crippen molar-refractivity contribution in [3.63, 3.8) is 0 Å². The highest BCUT2D eigenvalue weighted by molar-refractivity contribution is 5.85. The van der Waals surface area contributed by atoms with Gasteiger partial charge in [0, 0.05) is 18.2 Å². The van der Waals surface area contributed by atoms with Crippen molar-refractivity contribution in [2.75, 3.05) is 7.05 Å². The Kier molecular flexibility index (Phi) is 5.12. The first-order valence-electron chi connectivity index (χ1n) is 4.03. The minimum Gasteiger partial charge on any atom is -0.316 e. The summed E-state index contributed by atoms with van der Waals surface area (Å²) >= 11 is 0. The number of nitrogens with one attached hydrogen (secondary N) is 1. The van der Waals surface area contributed by atoms with Gasteiger partial charge >= 0.3 is 0 Å². The fraction of sp³-hybridized carbons (Fsp3) is 0.333. The highest BCUT2D eigenvalue weighted by atomic mass is 35.5. The molecule has 0 saturated heterocycles. The number of aryl methyl sites for hydroxylation is 1. The third-order valence-electron chi connectivity index (χ3n) is 1.85. The Morgan fingerprint density at radius 2 is 2.14 bits per heavy atom. The zero-order chi connectivity index (χ0) is 9.84. The van der Waals surface area contributed by atoms with Crippen molar-refractivity contribution in [1.82, 2.24) is 5.32 Å². The summed E-state index contributed by atoms with van der Waals surface area (Å²) in [6.07, 6.45) is 0. The molecule has 1 rings (SSSR count). The van der Waals surface area contributed by atoms with Crippen LogP contribution in [0.5, 0.6) is 0 Å². The fourth-order valence-electron chi connectivity index (χ4n) is 1.17. The van der Waals surface area contributed by atoms with E-state index in [4.69, 9.17) is 0 Å². The molecule has 0 aliphatic carbocycles. The summed E-state index contributed by atoms with van der Waals surface area (Å²) < 4.78 is 0. The molecule has 14 heavy (non-hydrogen) atoms. The molecule has 0 amide bonds. The Bertz CT molecular complexity index is 329. The summed E-state index contributed by atoms with van der Waals surface area (Å²) in [5, 5.41) is 13.5. The molecular formula is C9H13ClN2O2. The lowest BCUT2D eigenvalue weighted by atomic mass is 10.1. The predicted molar refractivity (Wildman–Crippen MR) is 57.8 cm³/mol. The molecule has 0 bridgehead atoms. The van der Waals surface area contributed by atoms with Crippen LogP contribution in [0.4, 0.5) is 5.69 Å². The molecule has 1 aromatic carbocycles. The van der Waals surface area contributed by atoms with Gasteiger partial charge in [0.25, 0.3) is 5.69 Å². The van der Waals surface area contributed by atoms with E-state index in [9.17, 15) is 10.1 Å². The van der Waals surface area contributed by atoms with Crippen molar-refractivity contribution in [3.8, 4) is 0 Å². The van der Waals surface area contributed by atoms with Crippen molar-refractivity contribution in [3.05, 3.63) is 39.4 Å². The van der Waals surface area contributed by atoms with Crippen LogP contribution in [0.25, 0.3) is 0 Å². The van der Waals surface area contributed by atoms with E-state index in [2.05, 4.69) is 5.32 Å². The number of benzene rings is 1. The molecule has 0 fully saturated rings. The molecule has 0 atom stereocenters.